The van der Waals surface area contributed by atoms with Crippen LogP contribution < -0.4 is 10.5 Å². The van der Waals surface area contributed by atoms with Crippen LogP contribution in [0, 0.1) is 0 Å². The van der Waals surface area contributed by atoms with Gasteiger partial charge in [0.25, 0.3) is 0 Å². The molecule has 0 radical (unpaired) electrons. The van der Waals surface area contributed by atoms with Gasteiger partial charge in [0.15, 0.2) is 0 Å². The molecule has 0 spiro atoms. The topological polar surface area (TPSA) is 64.8 Å². The van der Waals surface area contributed by atoms with Crippen molar-refractivity contribution in [1.29, 1.82) is 0 Å². The second-order valence-electron chi connectivity index (χ2n) is 5.28. The number of carbonyl (C=O) groups excluding carboxylic acids is 1. The molecule has 110 valence electrons. The third-order valence-corrected chi connectivity index (χ3v) is 3.88. The van der Waals surface area contributed by atoms with E-state index in [0.29, 0.717) is 12.8 Å². The SMILES string of the molecule is COC(=O)C1(N)CCN(Cc2cccc(OC)c2)CC1. The van der Waals surface area contributed by atoms with Gasteiger partial charge in [-0.25, -0.2) is 0 Å². The third-order valence-electron chi connectivity index (χ3n) is 3.88. The van der Waals surface area contributed by atoms with Crippen molar-refractivity contribution in [3.8, 4) is 5.75 Å². The molecule has 0 bridgehead atoms. The predicted octanol–water partition coefficient (Wildman–Crippen LogP) is 1.16. The fraction of sp³-hybridized carbons (Fsp3) is 0.533. The molecule has 0 saturated carbocycles. The van der Waals surface area contributed by atoms with Crippen LogP contribution in [0.5, 0.6) is 5.75 Å². The maximum absolute atomic E-state index is 11.7. The van der Waals surface area contributed by atoms with Crippen molar-refractivity contribution in [3.05, 3.63) is 29.8 Å². The molecular weight excluding hydrogens is 256 g/mol. The number of nitrogens with two attached hydrogens (primary N) is 1. The Bertz CT molecular complexity index is 468. The lowest BCUT2D eigenvalue weighted by Crippen LogP contribution is -2.55. The largest absolute Gasteiger partial charge is 0.497 e. The van der Waals surface area contributed by atoms with Crippen LogP contribution in [0.4, 0.5) is 0 Å². The van der Waals surface area contributed by atoms with Crippen molar-refractivity contribution in [2.45, 2.75) is 24.9 Å². The fourth-order valence-corrected chi connectivity index (χ4v) is 2.55. The van der Waals surface area contributed by atoms with Crippen LogP contribution >= 0.6 is 0 Å². The summed E-state index contributed by atoms with van der Waals surface area (Å²) in [5.74, 6) is 0.556. The maximum atomic E-state index is 11.7. The zero-order chi connectivity index (χ0) is 14.6. The number of ether oxygens (including phenoxy) is 2. The number of nitrogens with zero attached hydrogens (tertiary/aromatic N) is 1. The molecular formula is C15H22N2O3. The molecule has 0 amide bonds. The average Bonchev–Trinajstić information content (AvgIpc) is 2.49. The summed E-state index contributed by atoms with van der Waals surface area (Å²) in [6.07, 6.45) is 1.26. The van der Waals surface area contributed by atoms with Crippen LogP contribution in [0.25, 0.3) is 0 Å². The molecule has 1 fully saturated rings. The van der Waals surface area contributed by atoms with Crippen molar-refractivity contribution in [1.82, 2.24) is 4.90 Å². The first-order chi connectivity index (χ1) is 9.57. The van der Waals surface area contributed by atoms with Crippen molar-refractivity contribution in [2.75, 3.05) is 27.3 Å². The molecule has 5 nitrogen and oxygen atoms in total. The smallest absolute Gasteiger partial charge is 0.325 e. The van der Waals surface area contributed by atoms with E-state index in [-0.39, 0.29) is 5.97 Å². The van der Waals surface area contributed by atoms with Gasteiger partial charge in [0.1, 0.15) is 11.3 Å². The number of likely N-dealkylation sites (tertiary alicyclic amines) is 1. The van der Waals surface area contributed by atoms with Crippen molar-refractivity contribution < 1.29 is 14.3 Å². The lowest BCUT2D eigenvalue weighted by atomic mass is 9.88. The highest BCUT2D eigenvalue weighted by Gasteiger charge is 2.38. The molecule has 1 heterocycles. The number of hydrogen-bond acceptors (Lipinski definition) is 5. The van der Waals surface area contributed by atoms with E-state index in [9.17, 15) is 4.79 Å². The molecule has 2 rings (SSSR count). The molecule has 1 saturated heterocycles. The minimum atomic E-state index is -0.820. The second-order valence-corrected chi connectivity index (χ2v) is 5.28. The minimum absolute atomic E-state index is 0.307. The van der Waals surface area contributed by atoms with E-state index in [0.717, 1.165) is 25.4 Å². The highest BCUT2D eigenvalue weighted by atomic mass is 16.5. The summed E-state index contributed by atoms with van der Waals surface area (Å²) >= 11 is 0. The van der Waals surface area contributed by atoms with Gasteiger partial charge in [0.05, 0.1) is 14.2 Å². The van der Waals surface area contributed by atoms with Crippen LogP contribution in [-0.4, -0.2) is 43.7 Å². The van der Waals surface area contributed by atoms with E-state index in [2.05, 4.69) is 11.0 Å². The van der Waals surface area contributed by atoms with Gasteiger partial charge in [-0.3, -0.25) is 9.69 Å². The summed E-state index contributed by atoms with van der Waals surface area (Å²) in [5, 5.41) is 0. The Kier molecular flexibility index (Phi) is 4.62. The lowest BCUT2D eigenvalue weighted by Gasteiger charge is -2.37. The molecule has 0 atom stereocenters. The van der Waals surface area contributed by atoms with Gasteiger partial charge in [-0.15, -0.1) is 0 Å². The highest BCUT2D eigenvalue weighted by molar-refractivity contribution is 5.80. The van der Waals surface area contributed by atoms with Gasteiger partial charge >= 0.3 is 5.97 Å². The first-order valence-electron chi connectivity index (χ1n) is 6.80. The molecule has 5 heteroatoms. The molecule has 0 unspecified atom stereocenters. The zero-order valence-corrected chi connectivity index (χ0v) is 12.1. The normalized spacial score (nSPS) is 18.6. The van der Waals surface area contributed by atoms with E-state index in [1.807, 2.05) is 18.2 Å². The fourth-order valence-electron chi connectivity index (χ4n) is 2.55. The number of benzene rings is 1. The number of carbonyl (C=O) groups is 1. The summed E-state index contributed by atoms with van der Waals surface area (Å²) in [6, 6.07) is 8.03. The van der Waals surface area contributed by atoms with Crippen LogP contribution in [-0.2, 0) is 16.1 Å². The molecule has 1 aliphatic rings. The highest BCUT2D eigenvalue weighted by Crippen LogP contribution is 2.23. The van der Waals surface area contributed by atoms with E-state index in [4.69, 9.17) is 15.2 Å². The second kappa shape index (κ2) is 6.24. The zero-order valence-electron chi connectivity index (χ0n) is 12.1. The van der Waals surface area contributed by atoms with Crippen molar-refractivity contribution >= 4 is 5.97 Å². The predicted molar refractivity (Wildman–Crippen MR) is 76.4 cm³/mol. The van der Waals surface area contributed by atoms with Gasteiger partial charge in [0, 0.05) is 19.6 Å². The Labute approximate surface area is 119 Å². The Balaban J connectivity index is 1.92. The number of rotatable bonds is 4. The van der Waals surface area contributed by atoms with Crippen LogP contribution in [0.15, 0.2) is 24.3 Å². The van der Waals surface area contributed by atoms with E-state index >= 15 is 0 Å². The average molecular weight is 278 g/mol. The van der Waals surface area contributed by atoms with Crippen LogP contribution in [0.2, 0.25) is 0 Å². The minimum Gasteiger partial charge on any atom is -0.497 e. The lowest BCUT2D eigenvalue weighted by molar-refractivity contribution is -0.149. The van der Waals surface area contributed by atoms with Gasteiger partial charge in [0.2, 0.25) is 0 Å². The molecule has 2 N–H and O–H groups in total. The summed E-state index contributed by atoms with van der Waals surface area (Å²) in [6.45, 7) is 2.43. The van der Waals surface area contributed by atoms with E-state index in [1.165, 1.54) is 12.7 Å². The number of hydrogen-bond donors (Lipinski definition) is 1. The van der Waals surface area contributed by atoms with Crippen LogP contribution in [0.3, 0.4) is 0 Å². The number of esters is 1. The van der Waals surface area contributed by atoms with Gasteiger partial charge in [-0.1, -0.05) is 12.1 Å². The monoisotopic (exact) mass is 278 g/mol. The number of piperidine rings is 1. The standard InChI is InChI=1S/C15H22N2O3/c1-19-13-5-3-4-12(10-13)11-17-8-6-15(16,7-9-17)14(18)20-2/h3-5,10H,6-9,11,16H2,1-2H3. The summed E-state index contributed by atoms with van der Waals surface area (Å²) in [4.78, 5) is 13.9. The first kappa shape index (κ1) is 14.8. The molecule has 1 aromatic rings. The van der Waals surface area contributed by atoms with Crippen LogP contribution in [0.1, 0.15) is 18.4 Å². The maximum Gasteiger partial charge on any atom is 0.325 e. The Hall–Kier alpha value is -1.59. The Morgan fingerprint density at radius 1 is 1.35 bits per heavy atom. The number of methoxy groups -OCH3 is 2. The quantitative estimate of drug-likeness (QED) is 0.837. The van der Waals surface area contributed by atoms with E-state index < -0.39 is 5.54 Å². The molecule has 20 heavy (non-hydrogen) atoms. The van der Waals surface area contributed by atoms with Gasteiger partial charge < -0.3 is 15.2 Å². The van der Waals surface area contributed by atoms with Crippen molar-refractivity contribution in [3.63, 3.8) is 0 Å². The summed E-state index contributed by atoms with van der Waals surface area (Å²) in [5.41, 5.74) is 6.47. The van der Waals surface area contributed by atoms with Crippen molar-refractivity contribution in [2.24, 2.45) is 5.73 Å². The summed E-state index contributed by atoms with van der Waals surface area (Å²) in [7, 11) is 3.05. The first-order valence-corrected chi connectivity index (χ1v) is 6.80. The van der Waals surface area contributed by atoms with E-state index in [1.54, 1.807) is 7.11 Å². The molecule has 1 aromatic carbocycles. The third kappa shape index (κ3) is 3.29. The molecule has 0 aliphatic carbocycles. The van der Waals surface area contributed by atoms with Gasteiger partial charge in [-0.05, 0) is 30.5 Å². The molecule has 1 aliphatic heterocycles. The summed E-state index contributed by atoms with van der Waals surface area (Å²) < 4.78 is 10.0. The molecule has 0 aromatic heterocycles. The Morgan fingerprint density at radius 2 is 2.05 bits per heavy atom. The van der Waals surface area contributed by atoms with Gasteiger partial charge in [-0.2, -0.15) is 0 Å². The Morgan fingerprint density at radius 3 is 2.65 bits per heavy atom.